The minimum atomic E-state index is -0.376. The van der Waals surface area contributed by atoms with Gasteiger partial charge in [-0.25, -0.2) is 8.78 Å². The topological polar surface area (TPSA) is 15.3 Å². The number of hydrogen-bond acceptors (Lipinski definition) is 2. The number of rotatable bonds is 2. The Labute approximate surface area is 94.3 Å². The molecule has 1 heterocycles. The Bertz CT molecular complexity index is 362. The van der Waals surface area contributed by atoms with Gasteiger partial charge in [-0.2, -0.15) is 0 Å². The van der Waals surface area contributed by atoms with E-state index in [-0.39, 0.29) is 17.7 Å². The maximum atomic E-state index is 13.6. The quantitative estimate of drug-likeness (QED) is 0.829. The Morgan fingerprint density at radius 2 is 1.94 bits per heavy atom. The third kappa shape index (κ3) is 2.39. The van der Waals surface area contributed by atoms with E-state index in [1.165, 1.54) is 12.1 Å². The Balaban J connectivity index is 2.18. The van der Waals surface area contributed by atoms with Crippen molar-refractivity contribution >= 4 is 0 Å². The lowest BCUT2D eigenvalue weighted by molar-refractivity contribution is 0.182. The van der Waals surface area contributed by atoms with Gasteiger partial charge in [-0.1, -0.05) is 0 Å². The van der Waals surface area contributed by atoms with Gasteiger partial charge in [0.1, 0.15) is 11.6 Å². The van der Waals surface area contributed by atoms with Gasteiger partial charge in [0.15, 0.2) is 0 Å². The van der Waals surface area contributed by atoms with Gasteiger partial charge in [-0.15, -0.1) is 0 Å². The van der Waals surface area contributed by atoms with Crippen LogP contribution in [0.15, 0.2) is 18.2 Å². The van der Waals surface area contributed by atoms with Gasteiger partial charge >= 0.3 is 0 Å². The van der Waals surface area contributed by atoms with Crippen molar-refractivity contribution in [3.05, 3.63) is 35.4 Å². The van der Waals surface area contributed by atoms with Crippen molar-refractivity contribution in [3.8, 4) is 0 Å². The molecule has 16 heavy (non-hydrogen) atoms. The zero-order valence-electron chi connectivity index (χ0n) is 9.34. The Kier molecular flexibility index (Phi) is 3.51. The number of hydrogen-bond donors (Lipinski definition) is 1. The fourth-order valence-electron chi connectivity index (χ4n) is 2.10. The van der Waals surface area contributed by atoms with Gasteiger partial charge in [-0.05, 0) is 25.1 Å². The molecule has 1 saturated heterocycles. The summed E-state index contributed by atoms with van der Waals surface area (Å²) >= 11 is 0. The van der Waals surface area contributed by atoms with Crippen molar-refractivity contribution in [3.63, 3.8) is 0 Å². The van der Waals surface area contributed by atoms with Crippen molar-refractivity contribution in [2.45, 2.75) is 13.0 Å². The van der Waals surface area contributed by atoms with Crippen LogP contribution in [0.25, 0.3) is 0 Å². The van der Waals surface area contributed by atoms with Gasteiger partial charge in [0.2, 0.25) is 0 Å². The van der Waals surface area contributed by atoms with Crippen molar-refractivity contribution in [1.82, 2.24) is 10.2 Å². The summed E-state index contributed by atoms with van der Waals surface area (Å²) in [6.45, 7) is 5.47. The second kappa shape index (κ2) is 4.89. The molecule has 0 aromatic heterocycles. The van der Waals surface area contributed by atoms with Crippen LogP contribution < -0.4 is 5.32 Å². The first-order chi connectivity index (χ1) is 7.68. The molecule has 0 spiro atoms. The zero-order chi connectivity index (χ0) is 11.5. The van der Waals surface area contributed by atoms with Crippen LogP contribution in [0.3, 0.4) is 0 Å². The van der Waals surface area contributed by atoms with Crippen LogP contribution in [-0.4, -0.2) is 31.1 Å². The van der Waals surface area contributed by atoms with E-state index in [1.54, 1.807) is 0 Å². The van der Waals surface area contributed by atoms with E-state index in [1.807, 2.05) is 6.92 Å². The van der Waals surface area contributed by atoms with E-state index in [4.69, 9.17) is 0 Å². The molecule has 1 atom stereocenters. The average molecular weight is 226 g/mol. The highest BCUT2D eigenvalue weighted by atomic mass is 19.1. The van der Waals surface area contributed by atoms with E-state index in [9.17, 15) is 8.78 Å². The second-order valence-electron chi connectivity index (χ2n) is 4.13. The van der Waals surface area contributed by atoms with Crippen molar-refractivity contribution in [2.75, 3.05) is 26.2 Å². The molecule has 4 heteroatoms. The van der Waals surface area contributed by atoms with Crippen LogP contribution in [-0.2, 0) is 0 Å². The third-order valence-corrected chi connectivity index (χ3v) is 3.11. The molecule has 1 aromatic carbocycles. The lowest BCUT2D eigenvalue weighted by Crippen LogP contribution is -2.44. The highest BCUT2D eigenvalue weighted by Gasteiger charge is 2.20. The monoisotopic (exact) mass is 226 g/mol. The molecular weight excluding hydrogens is 210 g/mol. The summed E-state index contributed by atoms with van der Waals surface area (Å²) < 4.78 is 26.6. The second-order valence-corrected chi connectivity index (χ2v) is 4.13. The van der Waals surface area contributed by atoms with E-state index in [0.29, 0.717) is 5.56 Å². The summed E-state index contributed by atoms with van der Waals surface area (Å²) in [6.07, 6.45) is 0. The maximum absolute atomic E-state index is 13.6. The molecule has 1 fully saturated rings. The fraction of sp³-hybridized carbons (Fsp3) is 0.500. The Morgan fingerprint density at radius 1 is 1.25 bits per heavy atom. The number of nitrogens with one attached hydrogen (secondary N) is 1. The van der Waals surface area contributed by atoms with Crippen LogP contribution in [0.2, 0.25) is 0 Å². The van der Waals surface area contributed by atoms with E-state index in [2.05, 4.69) is 10.2 Å². The third-order valence-electron chi connectivity index (χ3n) is 3.11. The summed E-state index contributed by atoms with van der Waals surface area (Å²) in [5, 5.41) is 3.24. The average Bonchev–Trinajstić information content (AvgIpc) is 2.32. The summed E-state index contributed by atoms with van der Waals surface area (Å²) in [7, 11) is 0. The molecule has 2 rings (SSSR count). The predicted octanol–water partition coefficient (Wildman–Crippen LogP) is 1.93. The number of benzene rings is 1. The molecule has 2 nitrogen and oxygen atoms in total. The maximum Gasteiger partial charge on any atom is 0.128 e. The predicted molar refractivity (Wildman–Crippen MR) is 59.2 cm³/mol. The Morgan fingerprint density at radius 3 is 2.62 bits per heavy atom. The van der Waals surface area contributed by atoms with Gasteiger partial charge < -0.3 is 5.32 Å². The minimum absolute atomic E-state index is 0.0715. The number of halogens is 2. The van der Waals surface area contributed by atoms with Gasteiger partial charge in [-0.3, -0.25) is 4.90 Å². The molecule has 0 amide bonds. The van der Waals surface area contributed by atoms with Crippen LogP contribution in [0, 0.1) is 11.6 Å². The molecular formula is C12H16F2N2. The summed E-state index contributed by atoms with van der Waals surface area (Å²) in [5.74, 6) is -0.703. The fourth-order valence-corrected chi connectivity index (χ4v) is 2.10. The summed E-state index contributed by atoms with van der Waals surface area (Å²) in [5.41, 5.74) is 0.446. The van der Waals surface area contributed by atoms with Crippen molar-refractivity contribution in [2.24, 2.45) is 0 Å². The smallest absolute Gasteiger partial charge is 0.128 e. The molecule has 88 valence electrons. The lowest BCUT2D eigenvalue weighted by atomic mass is 10.1. The molecule has 0 radical (unpaired) electrons. The molecule has 1 N–H and O–H groups in total. The molecule has 0 saturated carbocycles. The highest BCUT2D eigenvalue weighted by molar-refractivity contribution is 5.22. The largest absolute Gasteiger partial charge is 0.314 e. The van der Waals surface area contributed by atoms with Crippen LogP contribution in [0.5, 0.6) is 0 Å². The molecule has 0 aliphatic carbocycles. The van der Waals surface area contributed by atoms with E-state index in [0.717, 1.165) is 32.2 Å². The number of piperazine rings is 1. The Hall–Kier alpha value is -1.00. The molecule has 0 bridgehead atoms. The van der Waals surface area contributed by atoms with E-state index < -0.39 is 0 Å². The highest BCUT2D eigenvalue weighted by Crippen LogP contribution is 2.23. The molecule has 1 aliphatic heterocycles. The number of nitrogens with zero attached hydrogens (tertiary/aromatic N) is 1. The molecule has 1 aromatic rings. The first-order valence-corrected chi connectivity index (χ1v) is 5.58. The van der Waals surface area contributed by atoms with Gasteiger partial charge in [0.25, 0.3) is 0 Å². The lowest BCUT2D eigenvalue weighted by Gasteiger charge is -2.33. The minimum Gasteiger partial charge on any atom is -0.314 e. The van der Waals surface area contributed by atoms with Crippen LogP contribution >= 0.6 is 0 Å². The van der Waals surface area contributed by atoms with Crippen molar-refractivity contribution in [1.29, 1.82) is 0 Å². The first-order valence-electron chi connectivity index (χ1n) is 5.58. The first kappa shape index (κ1) is 11.5. The van der Waals surface area contributed by atoms with Gasteiger partial charge in [0.05, 0.1) is 0 Å². The SMILES string of the molecule is CC(c1cc(F)ccc1F)N1CCNCC1. The summed E-state index contributed by atoms with van der Waals surface area (Å²) in [4.78, 5) is 2.16. The van der Waals surface area contributed by atoms with Gasteiger partial charge in [0, 0.05) is 37.8 Å². The molecule has 1 unspecified atom stereocenters. The standard InChI is InChI=1S/C12H16F2N2/c1-9(16-6-4-15-5-7-16)11-8-10(13)2-3-12(11)14/h2-3,8-9,15H,4-7H2,1H3. The van der Waals surface area contributed by atoms with Crippen LogP contribution in [0.1, 0.15) is 18.5 Å². The summed E-state index contributed by atoms with van der Waals surface area (Å²) in [6, 6.07) is 3.58. The zero-order valence-corrected chi connectivity index (χ0v) is 9.34. The van der Waals surface area contributed by atoms with Crippen molar-refractivity contribution < 1.29 is 8.78 Å². The normalized spacial score (nSPS) is 19.7. The van der Waals surface area contributed by atoms with Crippen LogP contribution in [0.4, 0.5) is 8.78 Å². The van der Waals surface area contributed by atoms with E-state index >= 15 is 0 Å². The molecule has 1 aliphatic rings.